The smallest absolute Gasteiger partial charge is 0.338 e. The van der Waals surface area contributed by atoms with Crippen LogP contribution in [0.2, 0.25) is 0 Å². The molecule has 1 aliphatic heterocycles. The number of imide groups is 1. The highest BCUT2D eigenvalue weighted by Crippen LogP contribution is 2.31. The summed E-state index contributed by atoms with van der Waals surface area (Å²) in [4.78, 5) is 52.1. The standard InChI is InChI=1S/C29H26ClN3O5/c1-3-15-38-29(37)21-12-8-14-23(17-21)33-27(35)24(30)25(28(33)36)32-22-13-7-11-20(16-22)26(34)31-18(2)19-9-5-4-6-10-19/h4-14,16-18,32H,3,15H2,1-2H3,(H,31,34). The van der Waals surface area contributed by atoms with Crippen molar-refractivity contribution in [2.45, 2.75) is 26.3 Å². The van der Waals surface area contributed by atoms with Gasteiger partial charge in [0.05, 0.1) is 23.9 Å². The van der Waals surface area contributed by atoms with Crippen LogP contribution in [0.15, 0.2) is 89.6 Å². The van der Waals surface area contributed by atoms with Gasteiger partial charge in [0, 0.05) is 11.3 Å². The zero-order valence-electron chi connectivity index (χ0n) is 20.9. The molecular formula is C29H26ClN3O5. The maximum atomic E-state index is 13.2. The number of amides is 3. The van der Waals surface area contributed by atoms with Crippen molar-refractivity contribution in [2.24, 2.45) is 0 Å². The van der Waals surface area contributed by atoms with E-state index >= 15 is 0 Å². The number of benzene rings is 3. The van der Waals surface area contributed by atoms with Crippen LogP contribution in [-0.4, -0.2) is 30.3 Å². The van der Waals surface area contributed by atoms with Crippen LogP contribution in [-0.2, 0) is 14.3 Å². The van der Waals surface area contributed by atoms with E-state index in [1.54, 1.807) is 30.3 Å². The Labute approximate surface area is 225 Å². The number of ether oxygens (including phenoxy) is 1. The molecule has 0 bridgehead atoms. The Morgan fingerprint density at radius 2 is 1.63 bits per heavy atom. The lowest BCUT2D eigenvalue weighted by molar-refractivity contribution is -0.120. The van der Waals surface area contributed by atoms with Crippen molar-refractivity contribution < 1.29 is 23.9 Å². The number of halogens is 1. The van der Waals surface area contributed by atoms with Crippen LogP contribution in [0.3, 0.4) is 0 Å². The number of hydrogen-bond donors (Lipinski definition) is 2. The lowest BCUT2D eigenvalue weighted by atomic mass is 10.1. The van der Waals surface area contributed by atoms with Gasteiger partial charge in [0.15, 0.2) is 0 Å². The van der Waals surface area contributed by atoms with Crippen molar-refractivity contribution in [1.82, 2.24) is 5.32 Å². The predicted octanol–water partition coefficient (Wildman–Crippen LogP) is 5.18. The number of anilines is 2. The van der Waals surface area contributed by atoms with E-state index in [9.17, 15) is 19.2 Å². The van der Waals surface area contributed by atoms with Crippen molar-refractivity contribution in [3.05, 3.63) is 106 Å². The van der Waals surface area contributed by atoms with Gasteiger partial charge in [0.25, 0.3) is 17.7 Å². The number of nitrogens with one attached hydrogen (secondary N) is 2. The molecule has 3 amide bonds. The number of nitrogens with zero attached hydrogens (tertiary/aromatic N) is 1. The molecule has 0 aromatic heterocycles. The Bertz CT molecular complexity index is 1420. The Morgan fingerprint density at radius 3 is 2.37 bits per heavy atom. The molecular weight excluding hydrogens is 506 g/mol. The fourth-order valence-corrected chi connectivity index (χ4v) is 4.10. The molecule has 1 aliphatic rings. The summed E-state index contributed by atoms with van der Waals surface area (Å²) in [6.07, 6.45) is 0.665. The molecule has 0 saturated carbocycles. The molecule has 8 nitrogen and oxygen atoms in total. The molecule has 3 aromatic carbocycles. The summed E-state index contributed by atoms with van der Waals surface area (Å²) in [5, 5.41) is 5.52. The third-order valence-corrected chi connectivity index (χ3v) is 6.20. The molecule has 194 valence electrons. The van der Waals surface area contributed by atoms with E-state index in [-0.39, 0.29) is 40.5 Å². The Hall–Kier alpha value is -4.43. The third kappa shape index (κ3) is 5.76. The summed E-state index contributed by atoms with van der Waals surface area (Å²) in [5.41, 5.74) is 1.98. The number of rotatable bonds is 9. The van der Waals surface area contributed by atoms with Crippen LogP contribution in [0.25, 0.3) is 0 Å². The Balaban J connectivity index is 1.50. The van der Waals surface area contributed by atoms with E-state index in [4.69, 9.17) is 16.3 Å². The van der Waals surface area contributed by atoms with Crippen molar-refractivity contribution in [1.29, 1.82) is 0 Å². The molecule has 0 fully saturated rings. The average molecular weight is 532 g/mol. The quantitative estimate of drug-likeness (QED) is 0.291. The highest BCUT2D eigenvalue weighted by molar-refractivity contribution is 6.53. The highest BCUT2D eigenvalue weighted by Gasteiger charge is 2.39. The monoisotopic (exact) mass is 531 g/mol. The molecule has 0 aliphatic carbocycles. The maximum absolute atomic E-state index is 13.2. The zero-order valence-corrected chi connectivity index (χ0v) is 21.6. The SMILES string of the molecule is CCCOC(=O)c1cccc(N2C(=O)C(Cl)=C(Nc3cccc(C(=O)NC(C)c4ccccc4)c3)C2=O)c1. The fraction of sp³-hybridized carbons (Fsp3) is 0.172. The molecule has 1 atom stereocenters. The second kappa shape index (κ2) is 11.7. The first kappa shape index (κ1) is 26.6. The van der Waals surface area contributed by atoms with Gasteiger partial charge in [-0.1, -0.05) is 61.0 Å². The maximum Gasteiger partial charge on any atom is 0.338 e. The van der Waals surface area contributed by atoms with Gasteiger partial charge in [-0.25, -0.2) is 9.69 Å². The summed E-state index contributed by atoms with van der Waals surface area (Å²) in [5.74, 6) is -2.27. The Morgan fingerprint density at radius 1 is 0.921 bits per heavy atom. The number of carbonyl (C=O) groups excluding carboxylic acids is 4. The van der Waals surface area contributed by atoms with Crippen molar-refractivity contribution in [3.63, 3.8) is 0 Å². The van der Waals surface area contributed by atoms with Gasteiger partial charge in [0.2, 0.25) is 0 Å². The molecule has 1 unspecified atom stereocenters. The van der Waals surface area contributed by atoms with Crippen molar-refractivity contribution in [2.75, 3.05) is 16.8 Å². The minimum atomic E-state index is -0.733. The fourth-order valence-electron chi connectivity index (χ4n) is 3.88. The molecule has 1 heterocycles. The summed E-state index contributed by atoms with van der Waals surface area (Å²) in [6.45, 7) is 4.02. The van der Waals surface area contributed by atoms with Gasteiger partial charge in [-0.05, 0) is 55.3 Å². The van der Waals surface area contributed by atoms with Gasteiger partial charge < -0.3 is 15.4 Å². The van der Waals surface area contributed by atoms with Gasteiger partial charge in [-0.2, -0.15) is 0 Å². The van der Waals surface area contributed by atoms with E-state index in [2.05, 4.69) is 10.6 Å². The van der Waals surface area contributed by atoms with Crippen LogP contribution < -0.4 is 15.5 Å². The predicted molar refractivity (Wildman–Crippen MR) is 145 cm³/mol. The second-order valence-corrected chi connectivity index (χ2v) is 9.01. The summed E-state index contributed by atoms with van der Waals surface area (Å²) >= 11 is 6.26. The lowest BCUT2D eigenvalue weighted by Gasteiger charge is -2.16. The van der Waals surface area contributed by atoms with Gasteiger partial charge in [-0.15, -0.1) is 0 Å². The average Bonchev–Trinajstić information content (AvgIpc) is 3.15. The molecule has 2 N–H and O–H groups in total. The number of hydrogen-bond acceptors (Lipinski definition) is 6. The first-order chi connectivity index (χ1) is 18.3. The van der Waals surface area contributed by atoms with Crippen molar-refractivity contribution in [3.8, 4) is 0 Å². The number of carbonyl (C=O) groups is 4. The molecule has 3 aromatic rings. The topological polar surface area (TPSA) is 105 Å². The normalized spacial score (nSPS) is 13.9. The van der Waals surface area contributed by atoms with Crippen LogP contribution >= 0.6 is 11.6 Å². The zero-order chi connectivity index (χ0) is 27.2. The molecule has 0 saturated heterocycles. The summed E-state index contributed by atoms with van der Waals surface area (Å²) in [6, 6.07) is 21.9. The first-order valence-corrected chi connectivity index (χ1v) is 12.5. The molecule has 4 rings (SSSR count). The van der Waals surface area contributed by atoms with Crippen LogP contribution in [0.1, 0.15) is 52.6 Å². The van der Waals surface area contributed by atoms with Gasteiger partial charge >= 0.3 is 5.97 Å². The Kier molecular flexibility index (Phi) is 8.23. The molecule has 38 heavy (non-hydrogen) atoms. The van der Waals surface area contributed by atoms with Gasteiger partial charge in [-0.3, -0.25) is 14.4 Å². The molecule has 0 spiro atoms. The minimum absolute atomic E-state index is 0.133. The van der Waals surface area contributed by atoms with Crippen LogP contribution in [0, 0.1) is 0 Å². The summed E-state index contributed by atoms with van der Waals surface area (Å²) in [7, 11) is 0. The van der Waals surface area contributed by atoms with Crippen LogP contribution in [0.5, 0.6) is 0 Å². The highest BCUT2D eigenvalue weighted by atomic mass is 35.5. The summed E-state index contributed by atoms with van der Waals surface area (Å²) < 4.78 is 5.14. The molecule has 9 heteroatoms. The first-order valence-electron chi connectivity index (χ1n) is 12.1. The third-order valence-electron chi connectivity index (χ3n) is 5.85. The molecule has 0 radical (unpaired) electrons. The number of esters is 1. The van der Waals surface area contributed by atoms with E-state index in [1.165, 1.54) is 18.2 Å². The lowest BCUT2D eigenvalue weighted by Crippen LogP contribution is -2.32. The van der Waals surface area contributed by atoms with E-state index in [0.717, 1.165) is 10.5 Å². The second-order valence-electron chi connectivity index (χ2n) is 8.63. The van der Waals surface area contributed by atoms with E-state index in [0.29, 0.717) is 17.7 Å². The van der Waals surface area contributed by atoms with Gasteiger partial charge in [0.1, 0.15) is 10.7 Å². The minimum Gasteiger partial charge on any atom is -0.462 e. The largest absolute Gasteiger partial charge is 0.462 e. The van der Waals surface area contributed by atoms with Crippen LogP contribution in [0.4, 0.5) is 11.4 Å². The van der Waals surface area contributed by atoms with E-state index < -0.39 is 17.8 Å². The van der Waals surface area contributed by atoms with Crippen molar-refractivity contribution >= 4 is 46.7 Å². The van der Waals surface area contributed by atoms with E-state index in [1.807, 2.05) is 44.2 Å².